The van der Waals surface area contributed by atoms with Gasteiger partial charge in [0.25, 0.3) is 16.0 Å². The number of hydrogen-bond acceptors (Lipinski definition) is 7. The molecule has 1 aliphatic heterocycles. The second-order valence-electron chi connectivity index (χ2n) is 7.72. The number of halogens is 3. The highest BCUT2D eigenvalue weighted by Crippen LogP contribution is 2.58. The molecule has 6 unspecified atom stereocenters. The molecule has 0 aromatic heterocycles. The number of amides is 1. The molecule has 2 saturated carbocycles. The predicted molar refractivity (Wildman–Crippen MR) is 132 cm³/mol. The maximum atomic E-state index is 13.0. The van der Waals surface area contributed by atoms with E-state index in [0.717, 1.165) is 10.7 Å². The number of fused-ring (bicyclic) bond motifs is 1. The summed E-state index contributed by atoms with van der Waals surface area (Å²) >= 11 is 6.40. The molecule has 0 spiro atoms. The van der Waals surface area contributed by atoms with Crippen LogP contribution in [0.4, 0.5) is 0 Å². The lowest BCUT2D eigenvalue weighted by Gasteiger charge is -2.31. The zero-order chi connectivity index (χ0) is 22.7. The number of esters is 2. The van der Waals surface area contributed by atoms with Crippen molar-refractivity contribution in [3.8, 4) is 0 Å². The Morgan fingerprint density at radius 3 is 2.61 bits per heavy atom. The second kappa shape index (κ2) is 8.83. The van der Waals surface area contributed by atoms with Crippen molar-refractivity contribution in [3.63, 3.8) is 0 Å². The van der Waals surface area contributed by atoms with Gasteiger partial charge in [0.1, 0.15) is 18.5 Å². The van der Waals surface area contributed by atoms with Crippen LogP contribution in [0.5, 0.6) is 0 Å². The topological polar surface area (TPSA) is 136 Å². The zero-order valence-corrected chi connectivity index (χ0v) is 22.9. The van der Waals surface area contributed by atoms with Gasteiger partial charge in [0, 0.05) is 16.6 Å². The van der Waals surface area contributed by atoms with Crippen LogP contribution >= 0.6 is 67.8 Å². The van der Waals surface area contributed by atoms with Crippen LogP contribution in [0.1, 0.15) is 16.8 Å². The van der Waals surface area contributed by atoms with Gasteiger partial charge in [-0.1, -0.05) is 0 Å². The van der Waals surface area contributed by atoms with Crippen LogP contribution in [-0.4, -0.2) is 55.3 Å². The van der Waals surface area contributed by atoms with Gasteiger partial charge in [-0.15, -0.1) is 0 Å². The minimum atomic E-state index is -4.27. The van der Waals surface area contributed by atoms with Crippen LogP contribution in [0.25, 0.3) is 0 Å². The molecular formula is C18H16I3NO8S. The van der Waals surface area contributed by atoms with Crippen molar-refractivity contribution in [2.75, 3.05) is 12.4 Å². The van der Waals surface area contributed by atoms with E-state index in [1.54, 1.807) is 6.07 Å². The maximum absolute atomic E-state index is 13.0. The molecule has 6 atom stereocenters. The number of hydrogen-bond donors (Lipinski definition) is 2. The second-order valence-corrected chi connectivity index (χ2v) is 12.8. The van der Waals surface area contributed by atoms with E-state index in [1.165, 1.54) is 0 Å². The molecule has 1 amide bonds. The van der Waals surface area contributed by atoms with Crippen LogP contribution in [0, 0.1) is 34.4 Å². The maximum Gasteiger partial charge on any atom is 0.310 e. The summed E-state index contributed by atoms with van der Waals surface area (Å²) < 4.78 is 43.7. The van der Waals surface area contributed by atoms with Crippen LogP contribution in [0.3, 0.4) is 0 Å². The fraction of sp³-hybridized carbons (Fsp3) is 0.500. The van der Waals surface area contributed by atoms with E-state index in [-0.39, 0.29) is 17.7 Å². The SMILES string of the molecule is O=C(NC1C2CC3C1OC(=O)C3C2C(=O)OCCS(=O)(=O)O)c1cc(I)cc(I)c1I. The van der Waals surface area contributed by atoms with Gasteiger partial charge in [-0.05, 0) is 92.2 Å². The Morgan fingerprint density at radius 1 is 1.23 bits per heavy atom. The Bertz CT molecular complexity index is 1080. The highest BCUT2D eigenvalue weighted by molar-refractivity contribution is 14.1. The van der Waals surface area contributed by atoms with Crippen molar-refractivity contribution in [2.24, 2.45) is 23.7 Å². The molecular weight excluding hydrogens is 771 g/mol. The molecule has 9 nitrogen and oxygen atoms in total. The lowest BCUT2D eigenvalue weighted by molar-refractivity contribution is -0.155. The fourth-order valence-electron chi connectivity index (χ4n) is 4.86. The first-order chi connectivity index (χ1) is 14.5. The number of rotatable bonds is 6. The third kappa shape index (κ3) is 4.57. The molecule has 1 aromatic rings. The summed E-state index contributed by atoms with van der Waals surface area (Å²) in [6, 6.07) is 3.20. The van der Waals surface area contributed by atoms with Gasteiger partial charge in [-0.3, -0.25) is 18.9 Å². The number of carbonyl (C=O) groups excluding carboxylic acids is 3. The summed E-state index contributed by atoms with van der Waals surface area (Å²) in [6.07, 6.45) is 0.0400. The van der Waals surface area contributed by atoms with E-state index in [4.69, 9.17) is 14.0 Å². The average Bonchev–Trinajstić information content (AvgIpc) is 3.27. The molecule has 1 aromatic carbocycles. The van der Waals surface area contributed by atoms with E-state index in [9.17, 15) is 22.8 Å². The zero-order valence-electron chi connectivity index (χ0n) is 15.6. The van der Waals surface area contributed by atoms with Gasteiger partial charge in [0.15, 0.2) is 0 Å². The minimum absolute atomic E-state index is 0.197. The summed E-state index contributed by atoms with van der Waals surface area (Å²) in [7, 11) is -4.27. The van der Waals surface area contributed by atoms with Crippen LogP contribution in [-0.2, 0) is 29.2 Å². The van der Waals surface area contributed by atoms with Gasteiger partial charge >= 0.3 is 11.9 Å². The molecule has 2 N–H and O–H groups in total. The van der Waals surface area contributed by atoms with Crippen molar-refractivity contribution < 1.29 is 36.8 Å². The minimum Gasteiger partial charge on any atom is -0.464 e. The monoisotopic (exact) mass is 787 g/mol. The van der Waals surface area contributed by atoms with Crippen molar-refractivity contribution >= 4 is 95.7 Å². The van der Waals surface area contributed by atoms with Gasteiger partial charge in [-0.25, -0.2) is 0 Å². The van der Waals surface area contributed by atoms with Crippen molar-refractivity contribution in [2.45, 2.75) is 18.6 Å². The summed E-state index contributed by atoms with van der Waals surface area (Å²) in [5.41, 5.74) is 0.507. The Labute approximate surface area is 218 Å². The molecule has 1 saturated heterocycles. The largest absolute Gasteiger partial charge is 0.464 e. The lowest BCUT2D eigenvalue weighted by Crippen LogP contribution is -2.51. The van der Waals surface area contributed by atoms with Gasteiger partial charge < -0.3 is 14.8 Å². The number of carbonyl (C=O) groups is 3. The summed E-state index contributed by atoms with van der Waals surface area (Å²) in [6.45, 7) is -0.507. The molecule has 3 aliphatic rings. The molecule has 1 heterocycles. The standard InChI is InChI=1S/C18H16I3NO8S/c19-6-3-9(13(21)10(20)4-6)16(23)22-14-7-5-8-12(18(25)30-15(8)14)11(7)17(24)29-1-2-31(26,27)28/h3-4,7-8,11-12,14-15H,1-2,5H2,(H,22,23)(H,26,27,28). The Balaban J connectivity index is 1.53. The normalized spacial score (nSPS) is 30.9. The first-order valence-corrected chi connectivity index (χ1v) is 14.1. The Morgan fingerprint density at radius 2 is 1.94 bits per heavy atom. The summed E-state index contributed by atoms with van der Waals surface area (Å²) in [5, 5.41) is 2.96. The molecule has 3 fully saturated rings. The predicted octanol–water partition coefficient (Wildman–Crippen LogP) is 1.84. The molecule has 2 bridgehead atoms. The first kappa shape index (κ1) is 23.9. The van der Waals surface area contributed by atoms with E-state index < -0.39 is 58.4 Å². The van der Waals surface area contributed by atoms with Crippen LogP contribution < -0.4 is 5.32 Å². The third-order valence-corrected chi connectivity index (χ3v) is 10.4. The number of benzene rings is 1. The summed E-state index contributed by atoms with van der Waals surface area (Å²) in [4.78, 5) is 38.1. The molecule has 2 aliphatic carbocycles. The van der Waals surface area contributed by atoms with E-state index in [1.807, 2.05) is 6.07 Å². The molecule has 168 valence electrons. The number of ether oxygens (including phenoxy) is 2. The van der Waals surface area contributed by atoms with Gasteiger partial charge in [0.05, 0.1) is 23.4 Å². The third-order valence-electron chi connectivity index (χ3n) is 6.01. The van der Waals surface area contributed by atoms with Crippen molar-refractivity contribution in [1.29, 1.82) is 0 Å². The molecule has 31 heavy (non-hydrogen) atoms. The highest BCUT2D eigenvalue weighted by atomic mass is 127. The van der Waals surface area contributed by atoms with Crippen molar-refractivity contribution in [3.05, 3.63) is 28.4 Å². The lowest BCUT2D eigenvalue weighted by atomic mass is 9.77. The van der Waals surface area contributed by atoms with Gasteiger partial charge in [0.2, 0.25) is 0 Å². The fourth-order valence-corrected chi connectivity index (χ4v) is 7.55. The molecule has 4 rings (SSSR count). The Hall–Kier alpha value is -0.270. The average molecular weight is 787 g/mol. The van der Waals surface area contributed by atoms with Crippen molar-refractivity contribution in [1.82, 2.24) is 5.32 Å². The first-order valence-electron chi connectivity index (χ1n) is 9.25. The quantitative estimate of drug-likeness (QED) is 0.193. The number of nitrogens with one attached hydrogen (secondary N) is 1. The van der Waals surface area contributed by atoms with E-state index in [2.05, 4.69) is 73.1 Å². The molecule has 13 heteroatoms. The van der Waals surface area contributed by atoms with Gasteiger partial charge in [-0.2, -0.15) is 8.42 Å². The molecule has 0 radical (unpaired) electrons. The van der Waals surface area contributed by atoms with E-state index >= 15 is 0 Å². The van der Waals surface area contributed by atoms with Crippen LogP contribution in [0.15, 0.2) is 12.1 Å². The highest BCUT2D eigenvalue weighted by Gasteiger charge is 2.69. The summed E-state index contributed by atoms with van der Waals surface area (Å²) in [5.74, 6) is -4.26. The smallest absolute Gasteiger partial charge is 0.310 e. The Kier molecular flexibility index (Phi) is 6.80. The van der Waals surface area contributed by atoms with E-state index in [0.29, 0.717) is 12.0 Å². The van der Waals surface area contributed by atoms with Crippen LogP contribution in [0.2, 0.25) is 0 Å².